The van der Waals surface area contributed by atoms with Gasteiger partial charge in [0.2, 0.25) is 0 Å². The third-order valence-corrected chi connectivity index (χ3v) is 3.95. The minimum Gasteiger partial charge on any atom is -0.378 e. The van der Waals surface area contributed by atoms with Crippen LogP contribution < -0.4 is 5.32 Å². The van der Waals surface area contributed by atoms with E-state index in [2.05, 4.69) is 42.9 Å². The summed E-state index contributed by atoms with van der Waals surface area (Å²) in [7, 11) is 1.64. The average molecular weight is 405 g/mol. The highest BCUT2D eigenvalue weighted by molar-refractivity contribution is 14.1. The number of halogens is 2. The number of rotatable bonds is 5. The maximum Gasteiger partial charge on any atom is 0.182 e. The first kappa shape index (κ1) is 15.4. The summed E-state index contributed by atoms with van der Waals surface area (Å²) in [6.07, 6.45) is 1.67. The standard InChI is InChI=1S/C13H14ClIN4O/c1-3-16-12-10(15)9(7-20-2)18-13(19-12)11-8(14)5-4-6-17-11/h4-6H,3,7H2,1-2H3,(H,16,18,19). The monoisotopic (exact) mass is 404 g/mol. The summed E-state index contributed by atoms with van der Waals surface area (Å²) in [6, 6.07) is 3.55. The van der Waals surface area contributed by atoms with Gasteiger partial charge in [-0.2, -0.15) is 0 Å². The van der Waals surface area contributed by atoms with Gasteiger partial charge >= 0.3 is 0 Å². The van der Waals surface area contributed by atoms with Gasteiger partial charge in [0.15, 0.2) is 5.82 Å². The molecule has 0 aromatic carbocycles. The van der Waals surface area contributed by atoms with Crippen molar-refractivity contribution in [3.8, 4) is 11.5 Å². The van der Waals surface area contributed by atoms with Crippen molar-refractivity contribution in [1.29, 1.82) is 0 Å². The lowest BCUT2D eigenvalue weighted by molar-refractivity contribution is 0.181. The van der Waals surface area contributed by atoms with Gasteiger partial charge in [0.25, 0.3) is 0 Å². The van der Waals surface area contributed by atoms with E-state index in [1.807, 2.05) is 6.92 Å². The third kappa shape index (κ3) is 3.36. The molecule has 0 aliphatic carbocycles. The van der Waals surface area contributed by atoms with E-state index in [1.165, 1.54) is 0 Å². The van der Waals surface area contributed by atoms with Crippen molar-refractivity contribution in [3.05, 3.63) is 32.6 Å². The van der Waals surface area contributed by atoms with Crippen LogP contribution in [0.4, 0.5) is 5.82 Å². The van der Waals surface area contributed by atoms with E-state index < -0.39 is 0 Å². The molecule has 0 bridgehead atoms. The fourth-order valence-electron chi connectivity index (χ4n) is 1.67. The first-order valence-corrected chi connectivity index (χ1v) is 7.53. The number of nitrogens with one attached hydrogen (secondary N) is 1. The molecule has 0 amide bonds. The van der Waals surface area contributed by atoms with Crippen LogP contribution in [0.3, 0.4) is 0 Å². The first-order chi connectivity index (χ1) is 9.67. The van der Waals surface area contributed by atoms with Crippen LogP contribution in [-0.2, 0) is 11.3 Å². The van der Waals surface area contributed by atoms with Gasteiger partial charge in [0.05, 0.1) is 20.9 Å². The molecule has 2 rings (SSSR count). The van der Waals surface area contributed by atoms with E-state index in [1.54, 1.807) is 25.4 Å². The quantitative estimate of drug-likeness (QED) is 0.774. The van der Waals surface area contributed by atoms with Crippen LogP contribution in [0.15, 0.2) is 18.3 Å². The van der Waals surface area contributed by atoms with Crippen LogP contribution in [0, 0.1) is 3.57 Å². The fraction of sp³-hybridized carbons (Fsp3) is 0.308. The summed E-state index contributed by atoms with van der Waals surface area (Å²) in [4.78, 5) is 13.3. The molecule has 2 heterocycles. The van der Waals surface area contributed by atoms with Gasteiger partial charge in [-0.15, -0.1) is 0 Å². The fourth-order valence-corrected chi connectivity index (χ4v) is 2.46. The van der Waals surface area contributed by atoms with Gasteiger partial charge in [-0.3, -0.25) is 4.98 Å². The van der Waals surface area contributed by atoms with Crippen molar-refractivity contribution >= 4 is 40.0 Å². The molecule has 5 nitrogen and oxygen atoms in total. The number of aromatic nitrogens is 3. The van der Waals surface area contributed by atoms with Crippen molar-refractivity contribution in [1.82, 2.24) is 15.0 Å². The second-order valence-electron chi connectivity index (χ2n) is 3.95. The largest absolute Gasteiger partial charge is 0.378 e. The lowest BCUT2D eigenvalue weighted by Crippen LogP contribution is -2.09. The van der Waals surface area contributed by atoms with E-state index in [4.69, 9.17) is 16.3 Å². The van der Waals surface area contributed by atoms with E-state index in [0.29, 0.717) is 23.1 Å². The van der Waals surface area contributed by atoms with Crippen LogP contribution in [0.1, 0.15) is 12.6 Å². The zero-order valence-corrected chi connectivity index (χ0v) is 14.1. The summed E-state index contributed by atoms with van der Waals surface area (Å²) >= 11 is 8.37. The Hall–Kier alpha value is -0.990. The molecular weight excluding hydrogens is 391 g/mol. The average Bonchev–Trinajstić information content (AvgIpc) is 2.44. The number of pyridine rings is 1. The van der Waals surface area contributed by atoms with E-state index in [0.717, 1.165) is 21.6 Å². The number of methoxy groups -OCH3 is 1. The Balaban J connectivity index is 2.56. The van der Waals surface area contributed by atoms with Crippen LogP contribution in [-0.4, -0.2) is 28.6 Å². The zero-order valence-electron chi connectivity index (χ0n) is 11.2. The lowest BCUT2D eigenvalue weighted by atomic mass is 10.3. The highest BCUT2D eigenvalue weighted by Gasteiger charge is 2.15. The summed E-state index contributed by atoms with van der Waals surface area (Å²) in [5, 5.41) is 3.75. The second kappa shape index (κ2) is 7.14. The van der Waals surface area contributed by atoms with Gasteiger partial charge in [0.1, 0.15) is 11.5 Å². The second-order valence-corrected chi connectivity index (χ2v) is 5.44. The van der Waals surface area contributed by atoms with E-state index >= 15 is 0 Å². The molecule has 0 unspecified atom stereocenters. The molecule has 7 heteroatoms. The minimum atomic E-state index is 0.413. The molecule has 0 spiro atoms. The number of nitrogens with zero attached hydrogens (tertiary/aromatic N) is 3. The predicted octanol–water partition coefficient (Wildman–Crippen LogP) is 3.37. The molecule has 0 fully saturated rings. The molecular formula is C13H14ClIN4O. The van der Waals surface area contributed by atoms with Crippen molar-refractivity contribution < 1.29 is 4.74 Å². The molecule has 106 valence electrons. The number of ether oxygens (including phenoxy) is 1. The van der Waals surface area contributed by atoms with Crippen molar-refractivity contribution in [2.24, 2.45) is 0 Å². The molecule has 0 saturated carbocycles. The van der Waals surface area contributed by atoms with Gasteiger partial charge in [0, 0.05) is 19.9 Å². The normalized spacial score (nSPS) is 10.6. The Morgan fingerprint density at radius 3 is 2.85 bits per heavy atom. The molecule has 0 aliphatic rings. The van der Waals surface area contributed by atoms with Crippen molar-refractivity contribution in [3.63, 3.8) is 0 Å². The molecule has 0 saturated heterocycles. The Kier molecular flexibility index (Phi) is 5.50. The zero-order chi connectivity index (χ0) is 14.5. The Labute approximate surface area is 136 Å². The van der Waals surface area contributed by atoms with Gasteiger partial charge in [-0.25, -0.2) is 9.97 Å². The first-order valence-electron chi connectivity index (χ1n) is 6.07. The minimum absolute atomic E-state index is 0.413. The van der Waals surface area contributed by atoms with Crippen LogP contribution in [0.25, 0.3) is 11.5 Å². The SMILES string of the molecule is CCNc1nc(-c2ncccc2Cl)nc(COC)c1I. The maximum absolute atomic E-state index is 6.16. The lowest BCUT2D eigenvalue weighted by Gasteiger charge is -2.12. The van der Waals surface area contributed by atoms with Gasteiger partial charge < -0.3 is 10.1 Å². The topological polar surface area (TPSA) is 59.9 Å². The predicted molar refractivity (Wildman–Crippen MR) is 87.9 cm³/mol. The molecule has 1 N–H and O–H groups in total. The Morgan fingerprint density at radius 2 is 2.20 bits per heavy atom. The van der Waals surface area contributed by atoms with Crippen LogP contribution in [0.2, 0.25) is 5.02 Å². The van der Waals surface area contributed by atoms with Crippen molar-refractivity contribution in [2.45, 2.75) is 13.5 Å². The van der Waals surface area contributed by atoms with E-state index in [9.17, 15) is 0 Å². The Bertz CT molecular complexity index is 582. The highest BCUT2D eigenvalue weighted by atomic mass is 127. The van der Waals surface area contributed by atoms with Gasteiger partial charge in [-0.05, 0) is 41.6 Å². The molecule has 2 aromatic rings. The van der Waals surface area contributed by atoms with Crippen LogP contribution in [0.5, 0.6) is 0 Å². The summed E-state index contributed by atoms with van der Waals surface area (Å²) in [5.74, 6) is 1.27. The summed E-state index contributed by atoms with van der Waals surface area (Å²) in [6.45, 7) is 3.20. The van der Waals surface area contributed by atoms with Crippen LogP contribution >= 0.6 is 34.2 Å². The number of hydrogen-bond donors (Lipinski definition) is 1. The summed E-state index contributed by atoms with van der Waals surface area (Å²) < 4.78 is 6.13. The summed E-state index contributed by atoms with van der Waals surface area (Å²) in [5.41, 5.74) is 1.39. The highest BCUT2D eigenvalue weighted by Crippen LogP contribution is 2.27. The number of hydrogen-bond acceptors (Lipinski definition) is 5. The molecule has 0 radical (unpaired) electrons. The molecule has 0 aliphatic heterocycles. The Morgan fingerprint density at radius 1 is 1.40 bits per heavy atom. The maximum atomic E-state index is 6.16. The van der Waals surface area contributed by atoms with E-state index in [-0.39, 0.29) is 0 Å². The third-order valence-electron chi connectivity index (χ3n) is 2.52. The van der Waals surface area contributed by atoms with Crippen molar-refractivity contribution in [2.75, 3.05) is 19.0 Å². The smallest absolute Gasteiger partial charge is 0.182 e. The van der Waals surface area contributed by atoms with Gasteiger partial charge in [-0.1, -0.05) is 11.6 Å². The number of anilines is 1. The molecule has 20 heavy (non-hydrogen) atoms. The molecule has 2 aromatic heterocycles. The molecule has 0 atom stereocenters.